The molecule has 1 aliphatic heterocycles. The van der Waals surface area contributed by atoms with Gasteiger partial charge in [0.05, 0.1) is 12.1 Å². The van der Waals surface area contributed by atoms with Gasteiger partial charge in [-0.2, -0.15) is 32.2 Å². The molecule has 2 heterocycles. The zero-order valence-electron chi connectivity index (χ0n) is 18.9. The molecule has 2 N–H and O–H groups in total. The lowest BCUT2D eigenvalue weighted by Gasteiger charge is -2.26. The van der Waals surface area contributed by atoms with Gasteiger partial charge in [0.1, 0.15) is 11.8 Å². The molecule has 0 bridgehead atoms. The Labute approximate surface area is 202 Å². The van der Waals surface area contributed by atoms with E-state index in [1.807, 2.05) is 6.07 Å². The molecule has 9 nitrogen and oxygen atoms in total. The van der Waals surface area contributed by atoms with Crippen LogP contribution in [-0.2, 0) is 11.2 Å². The van der Waals surface area contributed by atoms with Crippen LogP contribution in [0.3, 0.4) is 0 Å². The van der Waals surface area contributed by atoms with Crippen molar-refractivity contribution in [2.75, 3.05) is 5.32 Å². The van der Waals surface area contributed by atoms with E-state index in [1.165, 1.54) is 30.5 Å². The third-order valence-corrected chi connectivity index (χ3v) is 5.14. The van der Waals surface area contributed by atoms with E-state index in [2.05, 4.69) is 25.3 Å². The Morgan fingerprint density at radius 1 is 1.31 bits per heavy atom. The summed E-state index contributed by atoms with van der Waals surface area (Å²) in [5, 5.41) is 13.7. The lowest BCUT2D eigenvalue weighted by atomic mass is 10.0. The van der Waals surface area contributed by atoms with E-state index >= 15 is 0 Å². The smallest absolute Gasteiger partial charge is 0.410 e. The SMILES string of the molecule is C[C@H](Nc1ncc2c(n1)O[C@H](OC(=O)N[C@H](CCC#N)c1ccc(OC(F)F)cc1)CC2)C(F)(F)F. The van der Waals surface area contributed by atoms with Gasteiger partial charge in [0, 0.05) is 24.6 Å². The minimum Gasteiger partial charge on any atom is -0.437 e. The minimum absolute atomic E-state index is 0.0124. The highest BCUT2D eigenvalue weighted by Gasteiger charge is 2.36. The molecule has 1 aliphatic rings. The summed E-state index contributed by atoms with van der Waals surface area (Å²) in [7, 11) is 0. The number of carbonyl (C=O) groups is 1. The van der Waals surface area contributed by atoms with E-state index in [1.54, 1.807) is 0 Å². The Bertz CT molecular complexity index is 1080. The molecule has 0 unspecified atom stereocenters. The van der Waals surface area contributed by atoms with Crippen molar-refractivity contribution in [1.82, 2.24) is 15.3 Å². The number of carbonyl (C=O) groups excluding carboxylic acids is 1. The predicted molar refractivity (Wildman–Crippen MR) is 114 cm³/mol. The Morgan fingerprint density at radius 2 is 2.03 bits per heavy atom. The molecule has 2 aromatic rings. The monoisotopic (exact) mass is 515 g/mol. The molecule has 1 aromatic heterocycles. The molecule has 36 heavy (non-hydrogen) atoms. The van der Waals surface area contributed by atoms with Gasteiger partial charge in [-0.3, -0.25) is 0 Å². The Hall–Kier alpha value is -3.89. The molecule has 0 spiro atoms. The second-order valence-electron chi connectivity index (χ2n) is 7.76. The number of alkyl carbamates (subject to hydrolysis) is 1. The third-order valence-electron chi connectivity index (χ3n) is 5.14. The zero-order valence-corrected chi connectivity index (χ0v) is 18.9. The van der Waals surface area contributed by atoms with Gasteiger partial charge in [-0.25, -0.2) is 9.78 Å². The number of nitrogens with zero attached hydrogens (tertiary/aromatic N) is 3. The minimum atomic E-state index is -4.50. The third kappa shape index (κ3) is 7.56. The van der Waals surface area contributed by atoms with Crippen molar-refractivity contribution in [3.63, 3.8) is 0 Å². The van der Waals surface area contributed by atoms with Crippen molar-refractivity contribution in [3.05, 3.63) is 41.6 Å². The van der Waals surface area contributed by atoms with Gasteiger partial charge in [-0.05, 0) is 37.5 Å². The topological polar surface area (TPSA) is 118 Å². The number of aromatic nitrogens is 2. The fraction of sp³-hybridized carbons (Fsp3) is 0.455. The van der Waals surface area contributed by atoms with Crippen molar-refractivity contribution in [3.8, 4) is 17.7 Å². The van der Waals surface area contributed by atoms with E-state index in [4.69, 9.17) is 14.7 Å². The first-order valence-corrected chi connectivity index (χ1v) is 10.8. The molecule has 0 aliphatic carbocycles. The number of halogens is 5. The van der Waals surface area contributed by atoms with E-state index in [0.717, 1.165) is 6.92 Å². The molecule has 3 atom stereocenters. The van der Waals surface area contributed by atoms with Crippen LogP contribution < -0.4 is 20.1 Å². The number of nitrogens with one attached hydrogen (secondary N) is 2. The summed E-state index contributed by atoms with van der Waals surface area (Å²) >= 11 is 0. The van der Waals surface area contributed by atoms with Crippen molar-refractivity contribution in [2.45, 2.75) is 63.8 Å². The molecular weight excluding hydrogens is 493 g/mol. The van der Waals surface area contributed by atoms with Crippen LogP contribution in [0.2, 0.25) is 0 Å². The number of hydrogen-bond donors (Lipinski definition) is 2. The molecule has 0 saturated carbocycles. The van der Waals surface area contributed by atoms with Crippen LogP contribution in [0.25, 0.3) is 0 Å². The van der Waals surface area contributed by atoms with Gasteiger partial charge in [0.25, 0.3) is 0 Å². The van der Waals surface area contributed by atoms with Gasteiger partial charge in [0.2, 0.25) is 18.1 Å². The second-order valence-corrected chi connectivity index (χ2v) is 7.76. The quantitative estimate of drug-likeness (QED) is 0.455. The highest BCUT2D eigenvalue weighted by Crippen LogP contribution is 2.29. The molecule has 3 rings (SSSR count). The molecule has 0 radical (unpaired) electrons. The Balaban J connectivity index is 1.62. The molecule has 0 fully saturated rings. The van der Waals surface area contributed by atoms with Crippen molar-refractivity contribution >= 4 is 12.0 Å². The van der Waals surface area contributed by atoms with Gasteiger partial charge >= 0.3 is 18.9 Å². The molecule has 1 aromatic carbocycles. The van der Waals surface area contributed by atoms with Crippen LogP contribution in [0.1, 0.15) is 43.4 Å². The van der Waals surface area contributed by atoms with Crippen LogP contribution in [-0.4, -0.2) is 41.2 Å². The summed E-state index contributed by atoms with van der Waals surface area (Å²) in [5.41, 5.74) is 1.07. The molecule has 1 amide bonds. The van der Waals surface area contributed by atoms with Crippen LogP contribution in [0.5, 0.6) is 11.6 Å². The predicted octanol–water partition coefficient (Wildman–Crippen LogP) is 4.86. The van der Waals surface area contributed by atoms with Gasteiger partial charge in [0.15, 0.2) is 0 Å². The number of fused-ring (bicyclic) bond motifs is 1. The van der Waals surface area contributed by atoms with Gasteiger partial charge in [-0.15, -0.1) is 0 Å². The van der Waals surface area contributed by atoms with Crippen molar-refractivity contribution in [2.24, 2.45) is 0 Å². The number of benzene rings is 1. The first kappa shape index (κ1) is 26.7. The molecule has 0 saturated heterocycles. The number of rotatable bonds is 9. The highest BCUT2D eigenvalue weighted by molar-refractivity contribution is 5.68. The molecular formula is C22H22F5N5O4. The Kier molecular flexibility index (Phi) is 8.68. The summed E-state index contributed by atoms with van der Waals surface area (Å²) in [6.45, 7) is -2.06. The summed E-state index contributed by atoms with van der Waals surface area (Å²) in [6.07, 6.45) is -4.20. The largest absolute Gasteiger partial charge is 0.437 e. The van der Waals surface area contributed by atoms with Gasteiger partial charge in [-0.1, -0.05) is 12.1 Å². The summed E-state index contributed by atoms with van der Waals surface area (Å²) < 4.78 is 78.2. The number of nitriles is 1. The highest BCUT2D eigenvalue weighted by atomic mass is 19.4. The van der Waals surface area contributed by atoms with Crippen molar-refractivity contribution in [1.29, 1.82) is 5.26 Å². The number of aryl methyl sites for hydroxylation is 1. The number of amides is 1. The first-order chi connectivity index (χ1) is 17.0. The van der Waals surface area contributed by atoms with Crippen LogP contribution >= 0.6 is 0 Å². The van der Waals surface area contributed by atoms with E-state index < -0.39 is 37.3 Å². The van der Waals surface area contributed by atoms with Crippen molar-refractivity contribution < 1.29 is 41.0 Å². The van der Waals surface area contributed by atoms with E-state index in [-0.39, 0.29) is 36.8 Å². The summed E-state index contributed by atoms with van der Waals surface area (Å²) in [5.74, 6) is -0.369. The lowest BCUT2D eigenvalue weighted by Crippen LogP contribution is -2.36. The standard InChI is InChI=1S/C22H22F5N5O4/c1-12(22(25,26)27)30-20-29-11-14-6-9-17(35-18(14)32-20)36-21(33)31-16(3-2-10-28)13-4-7-15(8-5-13)34-19(23)24/h4-5,7-8,11-12,16-17,19H,2-3,6,9H2,1H3,(H,31,33)(H,29,30,32)/t12-,16+,17+/m0/s1. The van der Waals surface area contributed by atoms with Gasteiger partial charge < -0.3 is 24.8 Å². The zero-order chi connectivity index (χ0) is 26.3. The first-order valence-electron chi connectivity index (χ1n) is 10.8. The maximum Gasteiger partial charge on any atom is 0.410 e. The normalized spacial score (nSPS) is 16.7. The van der Waals surface area contributed by atoms with E-state index in [9.17, 15) is 26.7 Å². The van der Waals surface area contributed by atoms with Crippen LogP contribution in [0.15, 0.2) is 30.5 Å². The van der Waals surface area contributed by atoms with E-state index in [0.29, 0.717) is 17.5 Å². The average molecular weight is 515 g/mol. The van der Waals surface area contributed by atoms with Crippen LogP contribution in [0, 0.1) is 11.3 Å². The Morgan fingerprint density at radius 3 is 2.67 bits per heavy atom. The number of hydrogen-bond acceptors (Lipinski definition) is 8. The molecule has 14 heteroatoms. The summed E-state index contributed by atoms with van der Waals surface area (Å²) in [4.78, 5) is 20.3. The second kappa shape index (κ2) is 11.7. The number of anilines is 1. The molecule has 194 valence electrons. The average Bonchev–Trinajstić information content (AvgIpc) is 2.81. The maximum atomic E-state index is 12.8. The fourth-order valence-corrected chi connectivity index (χ4v) is 3.26. The maximum absolute atomic E-state index is 12.8. The lowest BCUT2D eigenvalue weighted by molar-refractivity contribution is -0.138. The number of ether oxygens (including phenoxy) is 3. The fourth-order valence-electron chi connectivity index (χ4n) is 3.26. The summed E-state index contributed by atoms with van der Waals surface area (Å²) in [6, 6.07) is 4.96. The van der Waals surface area contributed by atoms with Crippen LogP contribution in [0.4, 0.5) is 32.7 Å². The number of alkyl halides is 5.